The van der Waals surface area contributed by atoms with Crippen LogP contribution in [0.3, 0.4) is 0 Å². The fraction of sp³-hybridized carbons (Fsp3) is 0.778. The van der Waals surface area contributed by atoms with Crippen LogP contribution in [-0.4, -0.2) is 48.5 Å². The van der Waals surface area contributed by atoms with Gasteiger partial charge in [-0.15, -0.1) is 0 Å². The van der Waals surface area contributed by atoms with Crippen molar-refractivity contribution >= 4 is 22.1 Å². The zero-order valence-corrected chi connectivity index (χ0v) is 16.6. The van der Waals surface area contributed by atoms with Gasteiger partial charge in [-0.3, -0.25) is 9.35 Å². The number of rotatable bonds is 7. The van der Waals surface area contributed by atoms with Crippen molar-refractivity contribution in [3.8, 4) is 0 Å². The summed E-state index contributed by atoms with van der Waals surface area (Å²) in [5.74, 6) is -1.79. The van der Waals surface area contributed by atoms with Crippen molar-refractivity contribution in [2.24, 2.45) is 17.3 Å². The van der Waals surface area contributed by atoms with Crippen LogP contribution in [0, 0.1) is 17.3 Å². The Balaban J connectivity index is 1.85. The summed E-state index contributed by atoms with van der Waals surface area (Å²) < 4.78 is 81.5. The van der Waals surface area contributed by atoms with E-state index in [1.165, 1.54) is 6.92 Å². The third-order valence-corrected chi connectivity index (χ3v) is 7.16. The zero-order valence-electron chi connectivity index (χ0n) is 15.8. The molecule has 0 heterocycles. The van der Waals surface area contributed by atoms with Gasteiger partial charge in [0.1, 0.15) is 12.3 Å². The molecule has 0 saturated heterocycles. The van der Waals surface area contributed by atoms with Crippen LogP contribution in [0.15, 0.2) is 12.2 Å². The van der Waals surface area contributed by atoms with Gasteiger partial charge in [-0.1, -0.05) is 6.58 Å². The van der Waals surface area contributed by atoms with E-state index in [1.54, 1.807) is 0 Å². The molecule has 0 radical (unpaired) electrons. The first-order chi connectivity index (χ1) is 13.2. The lowest BCUT2D eigenvalue weighted by atomic mass is 9.48. The molecule has 4 bridgehead atoms. The molecule has 4 saturated carbocycles. The summed E-state index contributed by atoms with van der Waals surface area (Å²) in [7, 11) is -5.98. The van der Waals surface area contributed by atoms with Crippen LogP contribution in [0.5, 0.6) is 0 Å². The predicted octanol–water partition coefficient (Wildman–Crippen LogP) is 2.81. The summed E-state index contributed by atoms with van der Waals surface area (Å²) in [4.78, 5) is 24.9. The second-order valence-corrected chi connectivity index (χ2v) is 10.2. The predicted molar refractivity (Wildman–Crippen MR) is 93.1 cm³/mol. The highest BCUT2D eigenvalue weighted by molar-refractivity contribution is 7.86. The maximum atomic E-state index is 13.8. The highest BCUT2D eigenvalue weighted by Crippen LogP contribution is 2.63. The number of hydrogen-bond acceptors (Lipinski definition) is 6. The van der Waals surface area contributed by atoms with E-state index in [9.17, 15) is 31.2 Å². The lowest BCUT2D eigenvalue weighted by Crippen LogP contribution is -2.61. The summed E-state index contributed by atoms with van der Waals surface area (Å²) in [6.45, 7) is 3.03. The number of carbonyl (C=O) groups is 2. The Kier molecular flexibility index (Phi) is 5.30. The third-order valence-electron chi connectivity index (χ3n) is 6.21. The summed E-state index contributed by atoms with van der Waals surface area (Å²) in [5.41, 5.74) is -2.06. The fourth-order valence-electron chi connectivity index (χ4n) is 5.43. The van der Waals surface area contributed by atoms with Crippen LogP contribution in [-0.2, 0) is 29.2 Å². The number of carbonyl (C=O) groups excluding carboxylic acids is 2. The minimum Gasteiger partial charge on any atom is -0.456 e. The molecule has 3 atom stereocenters. The normalized spacial score (nSPS) is 34.5. The van der Waals surface area contributed by atoms with Crippen molar-refractivity contribution in [1.29, 1.82) is 0 Å². The van der Waals surface area contributed by atoms with E-state index in [0.717, 1.165) is 6.42 Å². The Hall–Kier alpha value is -1.62. The molecular weight excluding hydrogens is 417 g/mol. The van der Waals surface area contributed by atoms with Crippen molar-refractivity contribution in [2.75, 3.05) is 6.67 Å². The average molecular weight is 440 g/mol. The molecule has 0 aliphatic heterocycles. The van der Waals surface area contributed by atoms with Crippen LogP contribution >= 0.6 is 0 Å². The van der Waals surface area contributed by atoms with Crippen molar-refractivity contribution in [2.45, 2.75) is 62.4 Å². The molecule has 164 valence electrons. The van der Waals surface area contributed by atoms with Crippen molar-refractivity contribution in [3.05, 3.63) is 12.2 Å². The zero-order chi connectivity index (χ0) is 21.8. The van der Waals surface area contributed by atoms with Gasteiger partial charge in [0.15, 0.2) is 0 Å². The van der Waals surface area contributed by atoms with Gasteiger partial charge in [0, 0.05) is 12.0 Å². The summed E-state index contributed by atoms with van der Waals surface area (Å²) in [6.07, 6.45) is -0.518. The Morgan fingerprint density at radius 2 is 1.79 bits per heavy atom. The molecule has 4 aliphatic rings. The molecule has 1 N–H and O–H groups in total. The topological polar surface area (TPSA) is 107 Å². The number of ether oxygens (including phenoxy) is 2. The third kappa shape index (κ3) is 3.78. The molecule has 29 heavy (non-hydrogen) atoms. The Labute approximate surface area is 166 Å². The van der Waals surface area contributed by atoms with E-state index in [0.29, 0.717) is 25.7 Å². The van der Waals surface area contributed by atoms with Crippen LogP contribution < -0.4 is 0 Å². The lowest BCUT2D eigenvalue weighted by Gasteiger charge is -2.59. The quantitative estimate of drug-likeness (QED) is 0.369. The molecule has 4 aliphatic carbocycles. The van der Waals surface area contributed by atoms with E-state index in [1.807, 2.05) is 0 Å². The Morgan fingerprint density at radius 3 is 2.24 bits per heavy atom. The van der Waals surface area contributed by atoms with Crippen LogP contribution in [0.4, 0.5) is 13.2 Å². The average Bonchev–Trinajstić information content (AvgIpc) is 2.56. The lowest BCUT2D eigenvalue weighted by molar-refractivity contribution is -0.217. The van der Waals surface area contributed by atoms with Gasteiger partial charge in [0.2, 0.25) is 6.10 Å². The monoisotopic (exact) mass is 440 g/mol. The van der Waals surface area contributed by atoms with Gasteiger partial charge >= 0.3 is 27.3 Å². The molecule has 0 aromatic rings. The first-order valence-electron chi connectivity index (χ1n) is 9.24. The van der Waals surface area contributed by atoms with E-state index in [-0.39, 0.29) is 23.8 Å². The number of alkyl halides is 3. The summed E-state index contributed by atoms with van der Waals surface area (Å²) >= 11 is 0. The Morgan fingerprint density at radius 1 is 1.24 bits per heavy atom. The minimum absolute atomic E-state index is 0.00682. The second kappa shape index (κ2) is 6.97. The largest absolute Gasteiger partial charge is 0.456 e. The van der Waals surface area contributed by atoms with E-state index in [4.69, 9.17) is 9.29 Å². The fourth-order valence-corrected chi connectivity index (χ4v) is 5.87. The van der Waals surface area contributed by atoms with Crippen LogP contribution in [0.25, 0.3) is 0 Å². The van der Waals surface area contributed by atoms with Gasteiger partial charge in [-0.05, 0) is 50.9 Å². The molecule has 3 unspecified atom stereocenters. The van der Waals surface area contributed by atoms with Crippen molar-refractivity contribution in [1.82, 2.24) is 0 Å². The molecule has 7 nitrogen and oxygen atoms in total. The minimum atomic E-state index is -5.98. The second-order valence-electron chi connectivity index (χ2n) is 8.68. The maximum Gasteiger partial charge on any atom is 0.408 e. The van der Waals surface area contributed by atoms with Gasteiger partial charge in [-0.2, -0.15) is 17.2 Å². The molecule has 4 rings (SSSR count). The van der Waals surface area contributed by atoms with Crippen LogP contribution in [0.2, 0.25) is 0 Å². The molecular formula is C18H23F3O7S. The Bertz CT molecular complexity index is 824. The van der Waals surface area contributed by atoms with Crippen LogP contribution in [0.1, 0.15) is 45.4 Å². The molecule has 11 heteroatoms. The molecule has 4 fully saturated rings. The number of hydrogen-bond donors (Lipinski definition) is 1. The van der Waals surface area contributed by atoms with Gasteiger partial charge in [-0.25, -0.2) is 9.18 Å². The molecule has 0 spiro atoms. The van der Waals surface area contributed by atoms with E-state index >= 15 is 0 Å². The molecule has 0 aromatic heterocycles. The highest BCUT2D eigenvalue weighted by Gasteiger charge is 2.64. The molecule has 0 amide bonds. The van der Waals surface area contributed by atoms with Gasteiger partial charge < -0.3 is 9.47 Å². The maximum absolute atomic E-state index is 13.8. The summed E-state index contributed by atoms with van der Waals surface area (Å²) in [5, 5.41) is -4.98. The SMILES string of the molecule is C=C(C)C(=O)OC12CC3CC(C1)CC(C(=O)OC(CF)C(F)(F)S(=O)(=O)O)(C3)C2. The number of halogens is 3. The standard InChI is InChI=1S/C18H23F3O7S/c1-10(2)14(22)28-17-6-11-3-12(7-17)5-16(4-11,9-17)15(23)27-13(8-19)18(20,21)29(24,25)26/h11-13H,1,3-9H2,2H3,(H,24,25,26). The van der Waals surface area contributed by atoms with E-state index in [2.05, 4.69) is 11.3 Å². The first kappa shape index (κ1) is 22.1. The smallest absolute Gasteiger partial charge is 0.408 e. The molecule has 0 aromatic carbocycles. The number of esters is 2. The van der Waals surface area contributed by atoms with Gasteiger partial charge in [0.25, 0.3) is 0 Å². The van der Waals surface area contributed by atoms with Gasteiger partial charge in [0.05, 0.1) is 5.41 Å². The van der Waals surface area contributed by atoms with E-state index < -0.39 is 51.1 Å². The van der Waals surface area contributed by atoms with Crippen molar-refractivity contribution in [3.63, 3.8) is 0 Å². The summed E-state index contributed by atoms with van der Waals surface area (Å²) in [6, 6.07) is 0. The van der Waals surface area contributed by atoms with Crippen molar-refractivity contribution < 1.29 is 45.2 Å². The first-order valence-corrected chi connectivity index (χ1v) is 10.7. The highest BCUT2D eigenvalue weighted by atomic mass is 32.2.